The van der Waals surface area contributed by atoms with Crippen molar-refractivity contribution in [1.29, 1.82) is 0 Å². The molecule has 1 atom stereocenters. The molecule has 2 aromatic rings. The van der Waals surface area contributed by atoms with E-state index in [2.05, 4.69) is 79.3 Å². The van der Waals surface area contributed by atoms with E-state index in [0.717, 1.165) is 15.5 Å². The van der Waals surface area contributed by atoms with E-state index in [9.17, 15) is 0 Å². The van der Waals surface area contributed by atoms with Gasteiger partial charge in [-0.2, -0.15) is 0 Å². The van der Waals surface area contributed by atoms with E-state index in [1.165, 1.54) is 10.6 Å². The number of hydrogen-bond donors (Lipinski definition) is 0. The lowest BCUT2D eigenvalue weighted by atomic mass is 10.2. The van der Waals surface area contributed by atoms with Crippen LogP contribution in [0.25, 0.3) is 0 Å². The molecule has 2 aliphatic heterocycles. The van der Waals surface area contributed by atoms with Crippen LogP contribution in [0.15, 0.2) is 44.3 Å². The fourth-order valence-electron chi connectivity index (χ4n) is 2.50. The Balaban J connectivity index is 1.79. The highest BCUT2D eigenvalue weighted by molar-refractivity contribution is 9.10. The Morgan fingerprint density at radius 3 is 2.90 bits per heavy atom. The van der Waals surface area contributed by atoms with Crippen LogP contribution < -0.4 is 5.01 Å². The highest BCUT2D eigenvalue weighted by Gasteiger charge is 2.39. The Labute approximate surface area is 140 Å². The van der Waals surface area contributed by atoms with Gasteiger partial charge in [0.1, 0.15) is 10.4 Å². The van der Waals surface area contributed by atoms with Crippen LogP contribution >= 0.6 is 39.5 Å². The monoisotopic (exact) mass is 380 g/mol. The minimum atomic E-state index is 0.236. The summed E-state index contributed by atoms with van der Waals surface area (Å²) in [5.74, 6) is 1.36. The summed E-state index contributed by atoms with van der Waals surface area (Å²) >= 11 is 7.08. The minimum absolute atomic E-state index is 0.236. The molecule has 0 spiro atoms. The number of halogens is 1. The normalized spacial score (nSPS) is 19.9. The first kappa shape index (κ1) is 13.7. The molecule has 4 nitrogen and oxygen atoms in total. The maximum absolute atomic E-state index is 4.35. The third kappa shape index (κ3) is 2.13. The fraction of sp³-hybridized carbons (Fsp3) is 0.286. The van der Waals surface area contributed by atoms with E-state index >= 15 is 0 Å². The second-order valence-electron chi connectivity index (χ2n) is 5.25. The second-order valence-corrected chi connectivity index (χ2v) is 8.11. The Morgan fingerprint density at radius 1 is 1.29 bits per heavy atom. The summed E-state index contributed by atoms with van der Waals surface area (Å²) in [6.45, 7) is 4.31. The zero-order chi connectivity index (χ0) is 14.6. The highest BCUT2D eigenvalue weighted by atomic mass is 79.9. The fourth-order valence-corrected chi connectivity index (χ4v) is 5.14. The molecule has 0 N–H and O–H groups in total. The lowest BCUT2D eigenvalue weighted by molar-refractivity contribution is 0.582. The van der Waals surface area contributed by atoms with Gasteiger partial charge < -0.3 is 0 Å². The minimum Gasteiger partial charge on any atom is -0.252 e. The first-order valence-corrected chi connectivity index (χ1v) is 9.24. The number of nitrogens with zero attached hydrogens (tertiary/aromatic N) is 4. The maximum atomic E-state index is 4.35. The molecule has 0 radical (unpaired) electrons. The molecule has 3 heterocycles. The average molecular weight is 381 g/mol. The van der Waals surface area contributed by atoms with E-state index in [-0.39, 0.29) is 5.37 Å². The molecule has 21 heavy (non-hydrogen) atoms. The highest BCUT2D eigenvalue weighted by Crippen LogP contribution is 2.51. The summed E-state index contributed by atoms with van der Waals surface area (Å²) in [4.78, 5) is 0. The van der Waals surface area contributed by atoms with Gasteiger partial charge in [0.2, 0.25) is 5.16 Å². The van der Waals surface area contributed by atoms with Crippen molar-refractivity contribution < 1.29 is 0 Å². The van der Waals surface area contributed by atoms with Gasteiger partial charge in [-0.15, -0.1) is 10.2 Å². The summed E-state index contributed by atoms with van der Waals surface area (Å²) in [7, 11) is 0. The standard InChI is InChI=1S/C14H13BrN4S2/c1-8(2)12-16-17-14-19(12)18-11(21-14)7-20-13(18)9-4-3-5-10(15)6-9/h3-8,13H,1-2H3. The largest absolute Gasteiger partial charge is 0.252 e. The summed E-state index contributed by atoms with van der Waals surface area (Å²) in [5, 5.41) is 15.6. The zero-order valence-corrected chi connectivity index (χ0v) is 14.7. The molecule has 1 aromatic heterocycles. The molecule has 1 aromatic carbocycles. The number of hydrogen-bond acceptors (Lipinski definition) is 5. The van der Waals surface area contributed by atoms with Crippen LogP contribution in [0.3, 0.4) is 0 Å². The molecule has 4 rings (SSSR count). The van der Waals surface area contributed by atoms with Crippen LogP contribution in [0.5, 0.6) is 0 Å². The Kier molecular flexibility index (Phi) is 3.31. The molecule has 108 valence electrons. The average Bonchev–Trinajstić information content (AvgIpc) is 3.08. The summed E-state index contributed by atoms with van der Waals surface area (Å²) in [5.41, 5.74) is 1.28. The quantitative estimate of drug-likeness (QED) is 0.768. The predicted molar refractivity (Wildman–Crippen MR) is 90.7 cm³/mol. The third-order valence-electron chi connectivity index (χ3n) is 3.44. The maximum Gasteiger partial charge on any atom is 0.216 e. The van der Waals surface area contributed by atoms with Gasteiger partial charge >= 0.3 is 0 Å². The van der Waals surface area contributed by atoms with Crippen LogP contribution in [0, 0.1) is 0 Å². The zero-order valence-electron chi connectivity index (χ0n) is 11.5. The summed E-state index contributed by atoms with van der Waals surface area (Å²) in [6.07, 6.45) is 0. The van der Waals surface area contributed by atoms with Gasteiger partial charge in [-0.3, -0.25) is 5.01 Å². The van der Waals surface area contributed by atoms with Crippen LogP contribution in [-0.4, -0.2) is 14.9 Å². The number of aromatic nitrogens is 3. The molecule has 0 saturated carbocycles. The van der Waals surface area contributed by atoms with Crippen molar-refractivity contribution in [3.8, 4) is 0 Å². The van der Waals surface area contributed by atoms with Crippen molar-refractivity contribution in [3.63, 3.8) is 0 Å². The van der Waals surface area contributed by atoms with Gasteiger partial charge in [0.05, 0.1) is 0 Å². The molecule has 7 heteroatoms. The van der Waals surface area contributed by atoms with Gasteiger partial charge in [0, 0.05) is 15.8 Å². The molecule has 0 aliphatic carbocycles. The van der Waals surface area contributed by atoms with Crippen molar-refractivity contribution >= 4 is 39.5 Å². The second kappa shape index (κ2) is 5.07. The van der Waals surface area contributed by atoms with E-state index in [4.69, 9.17) is 0 Å². The number of thioether (sulfide) groups is 2. The van der Waals surface area contributed by atoms with Gasteiger partial charge in [-0.05, 0) is 29.5 Å². The van der Waals surface area contributed by atoms with E-state index < -0.39 is 0 Å². The van der Waals surface area contributed by atoms with Crippen LogP contribution in [0.2, 0.25) is 0 Å². The lowest BCUT2D eigenvalue weighted by Gasteiger charge is -2.26. The van der Waals surface area contributed by atoms with Crippen molar-refractivity contribution in [1.82, 2.24) is 14.9 Å². The molecular weight excluding hydrogens is 368 g/mol. The molecule has 0 bridgehead atoms. The Bertz CT molecular complexity index is 740. The van der Waals surface area contributed by atoms with Crippen molar-refractivity contribution in [2.24, 2.45) is 0 Å². The Hall–Kier alpha value is -0.920. The molecule has 1 unspecified atom stereocenters. The van der Waals surface area contributed by atoms with E-state index in [0.29, 0.717) is 5.92 Å². The molecule has 0 saturated heterocycles. The third-order valence-corrected chi connectivity index (χ3v) is 6.13. The SMILES string of the molecule is CC(C)c1nnc2n1N1C(=CSC1c1cccc(Br)c1)S2. The van der Waals surface area contributed by atoms with Gasteiger partial charge in [-0.1, -0.05) is 53.7 Å². The number of rotatable bonds is 2. The summed E-state index contributed by atoms with van der Waals surface area (Å²) < 4.78 is 3.28. The number of fused-ring (bicyclic) bond motifs is 3. The van der Waals surface area contributed by atoms with Crippen molar-refractivity contribution in [2.75, 3.05) is 5.01 Å². The van der Waals surface area contributed by atoms with Gasteiger partial charge in [0.25, 0.3) is 0 Å². The van der Waals surface area contributed by atoms with Crippen LogP contribution in [0.1, 0.15) is 36.5 Å². The molecular formula is C14H13BrN4S2. The first-order valence-electron chi connectivity index (χ1n) is 6.69. The van der Waals surface area contributed by atoms with Crippen LogP contribution in [0.4, 0.5) is 0 Å². The molecule has 0 fully saturated rings. The van der Waals surface area contributed by atoms with Gasteiger partial charge in [-0.25, -0.2) is 4.68 Å². The molecule has 2 aliphatic rings. The van der Waals surface area contributed by atoms with Crippen molar-refractivity contribution in [2.45, 2.75) is 30.3 Å². The van der Waals surface area contributed by atoms with Crippen LogP contribution in [-0.2, 0) is 0 Å². The molecule has 0 amide bonds. The first-order chi connectivity index (χ1) is 10.1. The summed E-state index contributed by atoms with van der Waals surface area (Å²) in [6, 6.07) is 8.48. The predicted octanol–water partition coefficient (Wildman–Crippen LogP) is 4.45. The Morgan fingerprint density at radius 2 is 2.14 bits per heavy atom. The topological polar surface area (TPSA) is 34.0 Å². The number of benzene rings is 1. The van der Waals surface area contributed by atoms with E-state index in [1.54, 1.807) is 11.8 Å². The van der Waals surface area contributed by atoms with Gasteiger partial charge in [0.15, 0.2) is 5.82 Å². The lowest BCUT2D eigenvalue weighted by Crippen LogP contribution is -2.31. The van der Waals surface area contributed by atoms with Crippen molar-refractivity contribution in [3.05, 3.63) is 50.6 Å². The smallest absolute Gasteiger partial charge is 0.216 e. The van der Waals surface area contributed by atoms with E-state index in [1.807, 2.05) is 11.8 Å².